The van der Waals surface area contributed by atoms with Gasteiger partial charge in [0.05, 0.1) is 18.3 Å². The van der Waals surface area contributed by atoms with Gasteiger partial charge in [0.25, 0.3) is 0 Å². The van der Waals surface area contributed by atoms with Crippen LogP contribution >= 0.6 is 0 Å². The van der Waals surface area contributed by atoms with Crippen molar-refractivity contribution in [2.45, 2.75) is 52.7 Å². The minimum absolute atomic E-state index is 0.222. The number of carbonyl (C=O) groups excluding carboxylic acids is 1. The van der Waals surface area contributed by atoms with Crippen molar-refractivity contribution in [3.63, 3.8) is 0 Å². The average Bonchev–Trinajstić information content (AvgIpc) is 2.87. The monoisotopic (exact) mass is 328 g/mol. The Bertz CT molecular complexity index is 744. The Kier molecular flexibility index (Phi) is 5.07. The van der Waals surface area contributed by atoms with Crippen LogP contribution < -0.4 is 0 Å². The molecule has 0 saturated carbocycles. The van der Waals surface area contributed by atoms with Crippen molar-refractivity contribution in [3.8, 4) is 0 Å². The maximum Gasteiger partial charge on any atom is 0.179 e. The summed E-state index contributed by atoms with van der Waals surface area (Å²) in [6.45, 7) is 9.28. The summed E-state index contributed by atoms with van der Waals surface area (Å²) >= 11 is 0. The minimum Gasteiger partial charge on any atom is -0.390 e. The summed E-state index contributed by atoms with van der Waals surface area (Å²) in [4.78, 5) is 14.8. The normalized spacial score (nSPS) is 16.0. The second kappa shape index (κ2) is 7.08. The number of Topliss-reactive ketones (excluding diaryl/α,β-unsaturated/α-hetero) is 1. The first kappa shape index (κ1) is 17.2. The zero-order valence-electron chi connectivity index (χ0n) is 15.0. The molecule has 1 heterocycles. The molecule has 1 aliphatic carbocycles. The first-order chi connectivity index (χ1) is 11.5. The highest BCUT2D eigenvalue weighted by atomic mass is 16.3. The Morgan fingerprint density at radius 3 is 2.71 bits per heavy atom. The summed E-state index contributed by atoms with van der Waals surface area (Å²) in [6.07, 6.45) is 2.04. The van der Waals surface area contributed by atoms with E-state index in [1.54, 1.807) is 0 Å². The van der Waals surface area contributed by atoms with E-state index < -0.39 is 6.10 Å². The molecule has 4 nitrogen and oxygen atoms in total. The van der Waals surface area contributed by atoms with Crippen LogP contribution in [0.2, 0.25) is 0 Å². The van der Waals surface area contributed by atoms with Gasteiger partial charge < -0.3 is 14.6 Å². The summed E-state index contributed by atoms with van der Waals surface area (Å²) in [5.41, 5.74) is 4.31. The second-order valence-corrected chi connectivity index (χ2v) is 6.87. The molecule has 0 spiro atoms. The van der Waals surface area contributed by atoms with Crippen molar-refractivity contribution in [2.24, 2.45) is 0 Å². The number of nitrogens with zero attached hydrogens (tertiary/aromatic N) is 2. The van der Waals surface area contributed by atoms with Gasteiger partial charge in [0.1, 0.15) is 0 Å². The van der Waals surface area contributed by atoms with Gasteiger partial charge in [-0.25, -0.2) is 0 Å². The predicted octanol–water partition coefficient (Wildman–Crippen LogP) is 3.17. The molecule has 24 heavy (non-hydrogen) atoms. The minimum atomic E-state index is -0.472. The third-order valence-electron chi connectivity index (χ3n) is 5.18. The number of rotatable bonds is 6. The van der Waals surface area contributed by atoms with Crippen LogP contribution in [-0.4, -0.2) is 46.1 Å². The standard InChI is InChI=1S/C20H28N2O2/c1-4-21(5-2)12-15(23)13-22-18-10-9-14(3)11-17(18)16-7-6-8-19(24)20(16)22/h9-11,15,23H,4-8,12-13H2,1-3H3/t15-/m0/s1. The number of likely N-dealkylation sites (N-methyl/N-ethyl adjacent to an activating group) is 1. The van der Waals surface area contributed by atoms with E-state index in [2.05, 4.69) is 48.4 Å². The third-order valence-corrected chi connectivity index (χ3v) is 5.18. The predicted molar refractivity (Wildman–Crippen MR) is 97.7 cm³/mol. The highest BCUT2D eigenvalue weighted by Gasteiger charge is 2.27. The number of benzene rings is 1. The first-order valence-electron chi connectivity index (χ1n) is 9.10. The van der Waals surface area contributed by atoms with Crippen LogP contribution in [0.1, 0.15) is 48.3 Å². The summed E-state index contributed by atoms with van der Waals surface area (Å²) < 4.78 is 2.07. The Morgan fingerprint density at radius 2 is 2.00 bits per heavy atom. The van der Waals surface area contributed by atoms with Gasteiger partial charge in [-0.3, -0.25) is 4.79 Å². The molecule has 1 aromatic carbocycles. The van der Waals surface area contributed by atoms with Crippen molar-refractivity contribution in [2.75, 3.05) is 19.6 Å². The van der Waals surface area contributed by atoms with Crippen LogP contribution in [0.4, 0.5) is 0 Å². The Balaban J connectivity index is 2.00. The van der Waals surface area contributed by atoms with Gasteiger partial charge in [0.2, 0.25) is 0 Å². The maximum atomic E-state index is 12.6. The molecule has 1 aromatic heterocycles. The topological polar surface area (TPSA) is 45.5 Å². The fraction of sp³-hybridized carbons (Fsp3) is 0.550. The first-order valence-corrected chi connectivity index (χ1v) is 9.10. The Labute approximate surface area is 144 Å². The molecule has 0 aliphatic heterocycles. The molecular weight excluding hydrogens is 300 g/mol. The number of ketones is 1. The number of fused-ring (bicyclic) bond motifs is 3. The molecule has 0 unspecified atom stereocenters. The molecule has 1 atom stereocenters. The van der Waals surface area contributed by atoms with E-state index in [0.717, 1.165) is 37.1 Å². The van der Waals surface area contributed by atoms with Gasteiger partial charge in [-0.1, -0.05) is 25.5 Å². The number of hydrogen-bond acceptors (Lipinski definition) is 3. The Hall–Kier alpha value is -1.65. The number of aryl methyl sites for hydroxylation is 2. The molecular formula is C20H28N2O2. The highest BCUT2D eigenvalue weighted by molar-refractivity contribution is 6.04. The van der Waals surface area contributed by atoms with Crippen molar-refractivity contribution in [3.05, 3.63) is 35.0 Å². The van der Waals surface area contributed by atoms with Crippen LogP contribution in [-0.2, 0) is 13.0 Å². The fourth-order valence-corrected chi connectivity index (χ4v) is 3.89. The van der Waals surface area contributed by atoms with Crippen LogP contribution in [0.5, 0.6) is 0 Å². The molecule has 0 radical (unpaired) electrons. The van der Waals surface area contributed by atoms with E-state index in [1.807, 2.05) is 0 Å². The quantitative estimate of drug-likeness (QED) is 0.886. The molecule has 1 aliphatic rings. The van der Waals surface area contributed by atoms with Crippen LogP contribution in [0, 0.1) is 6.92 Å². The zero-order valence-corrected chi connectivity index (χ0v) is 15.0. The summed E-state index contributed by atoms with van der Waals surface area (Å²) in [7, 11) is 0. The summed E-state index contributed by atoms with van der Waals surface area (Å²) in [5.74, 6) is 0.222. The van der Waals surface area contributed by atoms with E-state index in [-0.39, 0.29) is 5.78 Å². The van der Waals surface area contributed by atoms with Crippen molar-refractivity contribution < 1.29 is 9.90 Å². The number of carbonyl (C=O) groups is 1. The van der Waals surface area contributed by atoms with Gasteiger partial charge in [0, 0.05) is 23.9 Å². The molecule has 3 rings (SSSR count). The lowest BCUT2D eigenvalue weighted by atomic mass is 9.94. The van der Waals surface area contributed by atoms with Crippen LogP contribution in [0.3, 0.4) is 0 Å². The number of aliphatic hydroxyl groups excluding tert-OH is 1. The van der Waals surface area contributed by atoms with Gasteiger partial charge in [-0.15, -0.1) is 0 Å². The lowest BCUT2D eigenvalue weighted by Crippen LogP contribution is -2.35. The lowest BCUT2D eigenvalue weighted by molar-refractivity contribution is 0.0930. The molecule has 0 bridgehead atoms. The second-order valence-electron chi connectivity index (χ2n) is 6.87. The van der Waals surface area contributed by atoms with Gasteiger partial charge in [0.15, 0.2) is 5.78 Å². The molecule has 1 N–H and O–H groups in total. The molecule has 2 aromatic rings. The van der Waals surface area contributed by atoms with Crippen molar-refractivity contribution in [1.82, 2.24) is 9.47 Å². The van der Waals surface area contributed by atoms with E-state index in [4.69, 9.17) is 0 Å². The van der Waals surface area contributed by atoms with E-state index in [9.17, 15) is 9.90 Å². The average molecular weight is 328 g/mol. The Morgan fingerprint density at radius 1 is 1.25 bits per heavy atom. The SMILES string of the molecule is CCN(CC)C[C@H](O)Cn1c2c(c3cc(C)ccc31)CCCC2=O. The molecule has 130 valence electrons. The van der Waals surface area contributed by atoms with Gasteiger partial charge in [-0.2, -0.15) is 0 Å². The summed E-state index contributed by atoms with van der Waals surface area (Å²) in [5, 5.41) is 11.8. The highest BCUT2D eigenvalue weighted by Crippen LogP contribution is 2.33. The van der Waals surface area contributed by atoms with E-state index >= 15 is 0 Å². The van der Waals surface area contributed by atoms with Gasteiger partial charge >= 0.3 is 0 Å². The largest absolute Gasteiger partial charge is 0.390 e. The van der Waals surface area contributed by atoms with E-state index in [0.29, 0.717) is 19.5 Å². The third kappa shape index (κ3) is 3.13. The summed E-state index contributed by atoms with van der Waals surface area (Å²) in [6, 6.07) is 6.37. The zero-order chi connectivity index (χ0) is 17.3. The lowest BCUT2D eigenvalue weighted by Gasteiger charge is -2.23. The smallest absolute Gasteiger partial charge is 0.179 e. The van der Waals surface area contributed by atoms with Crippen LogP contribution in [0.15, 0.2) is 18.2 Å². The molecule has 0 fully saturated rings. The van der Waals surface area contributed by atoms with Crippen molar-refractivity contribution >= 4 is 16.7 Å². The van der Waals surface area contributed by atoms with Crippen LogP contribution in [0.25, 0.3) is 10.9 Å². The van der Waals surface area contributed by atoms with E-state index in [1.165, 1.54) is 16.5 Å². The van der Waals surface area contributed by atoms with Gasteiger partial charge in [-0.05, 0) is 50.6 Å². The molecule has 0 amide bonds. The number of hydrogen-bond donors (Lipinski definition) is 1. The molecule has 0 saturated heterocycles. The molecule has 4 heteroatoms. The number of aliphatic hydroxyl groups is 1. The maximum absolute atomic E-state index is 12.6. The number of aromatic nitrogens is 1. The fourth-order valence-electron chi connectivity index (χ4n) is 3.89. The van der Waals surface area contributed by atoms with Crippen molar-refractivity contribution in [1.29, 1.82) is 0 Å².